The molecule has 0 nitrogen and oxygen atoms in total. The summed E-state index contributed by atoms with van der Waals surface area (Å²) in [5, 5.41) is 0. The number of benzene rings is 2. The first kappa shape index (κ1) is 18.4. The first-order valence-electron chi connectivity index (χ1n) is 8.15. The van der Waals surface area contributed by atoms with Gasteiger partial charge in [0.2, 0.25) is 0 Å². The average molecular weight is 368 g/mol. The maximum Gasteiger partial charge on any atom is 0.194 e. The third-order valence-corrected chi connectivity index (χ3v) is 4.53. The first-order valence-corrected chi connectivity index (χ1v) is 8.15. The smallest absolute Gasteiger partial charge is 0.194 e. The number of hydrogen-bond acceptors (Lipinski definition) is 0. The fraction of sp³-hybridized carbons (Fsp3) is 0.300. The number of alkyl halides is 1. The van der Waals surface area contributed by atoms with Crippen molar-refractivity contribution in [2.75, 3.05) is 0 Å². The van der Waals surface area contributed by atoms with E-state index in [2.05, 4.69) is 11.8 Å². The van der Waals surface area contributed by atoms with E-state index < -0.39 is 35.3 Å². The van der Waals surface area contributed by atoms with Gasteiger partial charge in [-0.15, -0.1) is 0 Å². The Hall–Kier alpha value is -2.42. The van der Waals surface area contributed by atoms with Gasteiger partial charge in [0, 0.05) is 5.56 Å². The molecule has 2 aromatic carbocycles. The highest BCUT2D eigenvalue weighted by Gasteiger charge is 2.25. The Bertz CT molecular complexity index is 862. The Kier molecular flexibility index (Phi) is 5.26. The number of hydrogen-bond donors (Lipinski definition) is 0. The van der Waals surface area contributed by atoms with Crippen LogP contribution in [0.1, 0.15) is 48.3 Å². The predicted molar refractivity (Wildman–Crippen MR) is 84.8 cm³/mol. The first-order chi connectivity index (χ1) is 12.4. The monoisotopic (exact) mass is 368 g/mol. The molecule has 3 rings (SSSR count). The molecule has 136 valence electrons. The zero-order chi connectivity index (χ0) is 18.8. The molecule has 26 heavy (non-hydrogen) atoms. The molecule has 0 spiro atoms. The van der Waals surface area contributed by atoms with Crippen molar-refractivity contribution in [3.63, 3.8) is 0 Å². The normalized spacial score (nSPS) is 19.8. The molecule has 1 fully saturated rings. The van der Waals surface area contributed by atoms with Gasteiger partial charge in [0.05, 0.1) is 5.56 Å². The Balaban J connectivity index is 1.88. The van der Waals surface area contributed by atoms with Crippen molar-refractivity contribution >= 4 is 0 Å². The van der Waals surface area contributed by atoms with Gasteiger partial charge in [-0.1, -0.05) is 17.9 Å². The third-order valence-electron chi connectivity index (χ3n) is 4.53. The molecule has 1 saturated carbocycles. The van der Waals surface area contributed by atoms with Crippen LogP contribution in [-0.4, -0.2) is 6.17 Å². The zero-order valence-corrected chi connectivity index (χ0v) is 13.6. The predicted octanol–water partition coefficient (Wildman–Crippen LogP) is 5.78. The molecule has 1 aliphatic rings. The minimum absolute atomic E-state index is 0.179. The zero-order valence-electron chi connectivity index (χ0n) is 13.6. The van der Waals surface area contributed by atoms with Gasteiger partial charge in [0.15, 0.2) is 29.1 Å². The van der Waals surface area contributed by atoms with Gasteiger partial charge in [-0.2, -0.15) is 0 Å². The highest BCUT2D eigenvalue weighted by Crippen LogP contribution is 2.36. The van der Waals surface area contributed by atoms with Crippen LogP contribution in [0.2, 0.25) is 0 Å². The van der Waals surface area contributed by atoms with Crippen molar-refractivity contribution in [3.8, 4) is 11.8 Å². The Labute approximate surface area is 146 Å². The van der Waals surface area contributed by atoms with E-state index in [0.29, 0.717) is 37.8 Å². The summed E-state index contributed by atoms with van der Waals surface area (Å²) in [7, 11) is 0. The lowest BCUT2D eigenvalue weighted by molar-refractivity contribution is 0.233. The van der Waals surface area contributed by atoms with Crippen LogP contribution >= 0.6 is 0 Å². The van der Waals surface area contributed by atoms with Crippen LogP contribution in [0.25, 0.3) is 0 Å². The van der Waals surface area contributed by atoms with E-state index >= 15 is 0 Å². The summed E-state index contributed by atoms with van der Waals surface area (Å²) in [6, 6.07) is 4.02. The van der Waals surface area contributed by atoms with Gasteiger partial charge in [-0.05, 0) is 55.4 Å². The van der Waals surface area contributed by atoms with Crippen molar-refractivity contribution < 1.29 is 26.3 Å². The summed E-state index contributed by atoms with van der Waals surface area (Å²) >= 11 is 0. The summed E-state index contributed by atoms with van der Waals surface area (Å²) in [6.45, 7) is 0. The molecule has 0 amide bonds. The molecule has 0 aliphatic heterocycles. The van der Waals surface area contributed by atoms with Gasteiger partial charge < -0.3 is 0 Å². The maximum absolute atomic E-state index is 14.3. The molecular weight excluding hydrogens is 354 g/mol. The largest absolute Gasteiger partial charge is 0.247 e. The van der Waals surface area contributed by atoms with Crippen molar-refractivity contribution in [2.24, 2.45) is 0 Å². The average Bonchev–Trinajstić information content (AvgIpc) is 2.62. The molecule has 0 saturated heterocycles. The summed E-state index contributed by atoms with van der Waals surface area (Å²) in [4.78, 5) is 0. The second-order valence-corrected chi connectivity index (χ2v) is 6.28. The van der Waals surface area contributed by atoms with Crippen LogP contribution < -0.4 is 0 Å². The standard InChI is InChI=1S/C20H14F6/c21-14-6-3-12(4-7-14)15-8-5-13(18(24)19(15)25)2-1-11-9-16(22)20(26)17(23)10-11/h5,8-10,12,14H,3-4,6-7H2. The highest BCUT2D eigenvalue weighted by molar-refractivity contribution is 5.45. The van der Waals surface area contributed by atoms with Gasteiger partial charge in [-0.25, -0.2) is 26.3 Å². The summed E-state index contributed by atoms with van der Waals surface area (Å²) in [5.41, 5.74) is -0.305. The van der Waals surface area contributed by atoms with Gasteiger partial charge in [0.1, 0.15) is 6.17 Å². The van der Waals surface area contributed by atoms with Crippen LogP contribution in [0.5, 0.6) is 0 Å². The lowest BCUT2D eigenvalue weighted by atomic mass is 9.82. The molecular formula is C20H14F6. The second kappa shape index (κ2) is 7.45. The lowest BCUT2D eigenvalue weighted by Crippen LogP contribution is -2.15. The van der Waals surface area contributed by atoms with Crippen molar-refractivity contribution in [1.82, 2.24) is 0 Å². The van der Waals surface area contributed by atoms with E-state index in [4.69, 9.17) is 0 Å². The lowest BCUT2D eigenvalue weighted by Gasteiger charge is -2.25. The quantitative estimate of drug-likeness (QED) is 0.340. The summed E-state index contributed by atoms with van der Waals surface area (Å²) in [5.74, 6) is -2.33. The van der Waals surface area contributed by atoms with E-state index in [-0.39, 0.29) is 22.6 Å². The molecule has 0 bridgehead atoms. The maximum atomic E-state index is 14.3. The molecule has 0 radical (unpaired) electrons. The van der Waals surface area contributed by atoms with Gasteiger partial charge >= 0.3 is 0 Å². The molecule has 0 N–H and O–H groups in total. The van der Waals surface area contributed by atoms with Gasteiger partial charge in [-0.3, -0.25) is 0 Å². The SMILES string of the molecule is Fc1cc(C#Cc2ccc(C3CCC(F)CC3)c(F)c2F)cc(F)c1F. The molecule has 0 aromatic heterocycles. The number of halogens is 6. The minimum Gasteiger partial charge on any atom is -0.247 e. The Morgan fingerprint density at radius 2 is 1.35 bits per heavy atom. The van der Waals surface area contributed by atoms with E-state index in [1.165, 1.54) is 12.1 Å². The van der Waals surface area contributed by atoms with Crippen molar-refractivity contribution in [3.05, 3.63) is 70.0 Å². The minimum atomic E-state index is -1.62. The van der Waals surface area contributed by atoms with Crippen LogP contribution in [0.3, 0.4) is 0 Å². The van der Waals surface area contributed by atoms with Crippen LogP contribution in [-0.2, 0) is 0 Å². The molecule has 1 aliphatic carbocycles. The Morgan fingerprint density at radius 1 is 0.731 bits per heavy atom. The van der Waals surface area contributed by atoms with Gasteiger partial charge in [0.25, 0.3) is 0 Å². The van der Waals surface area contributed by atoms with Crippen molar-refractivity contribution in [1.29, 1.82) is 0 Å². The molecule has 0 unspecified atom stereocenters. The molecule has 2 aromatic rings. The summed E-state index contributed by atoms with van der Waals surface area (Å²) in [6.07, 6.45) is 0.609. The molecule has 0 heterocycles. The Morgan fingerprint density at radius 3 is 1.96 bits per heavy atom. The van der Waals surface area contributed by atoms with E-state index in [1.807, 2.05) is 0 Å². The fourth-order valence-electron chi connectivity index (χ4n) is 3.11. The van der Waals surface area contributed by atoms with Crippen molar-refractivity contribution in [2.45, 2.75) is 37.8 Å². The summed E-state index contributed by atoms with van der Waals surface area (Å²) < 4.78 is 81.0. The molecule has 6 heteroatoms. The van der Waals surface area contributed by atoms with E-state index in [0.717, 1.165) is 0 Å². The van der Waals surface area contributed by atoms with E-state index in [1.54, 1.807) is 0 Å². The highest BCUT2D eigenvalue weighted by atomic mass is 19.2. The topological polar surface area (TPSA) is 0 Å². The van der Waals surface area contributed by atoms with Crippen LogP contribution in [0.4, 0.5) is 26.3 Å². The van der Waals surface area contributed by atoms with E-state index in [9.17, 15) is 26.3 Å². The fourth-order valence-corrected chi connectivity index (χ4v) is 3.11. The molecule has 0 atom stereocenters. The third kappa shape index (κ3) is 3.72. The van der Waals surface area contributed by atoms with Crippen LogP contribution in [0.15, 0.2) is 24.3 Å². The number of rotatable bonds is 1. The second-order valence-electron chi connectivity index (χ2n) is 6.28. The van der Waals surface area contributed by atoms with Crippen LogP contribution in [0, 0.1) is 40.9 Å².